The minimum Gasteiger partial charge on any atom is -0.358 e. The molecule has 1 saturated heterocycles. The van der Waals surface area contributed by atoms with E-state index in [2.05, 4.69) is 5.40 Å². The van der Waals surface area contributed by atoms with E-state index >= 15 is 0 Å². The molecule has 1 heterocycles. The molecule has 1 aliphatic heterocycles. The second kappa shape index (κ2) is 13.2. The summed E-state index contributed by atoms with van der Waals surface area (Å²) >= 11 is 0.882. The molecule has 1 aliphatic rings. The number of thioether (sulfide) groups is 1. The van der Waals surface area contributed by atoms with E-state index < -0.39 is 39.5 Å². The quantitative estimate of drug-likeness (QED) is 0.117. The first-order valence-electron chi connectivity index (χ1n) is 13.4. The highest BCUT2D eigenvalue weighted by Crippen LogP contribution is 2.42. The zero-order valence-corrected chi connectivity index (χ0v) is 24.8. The monoisotopic (exact) mass is 601 g/mol. The summed E-state index contributed by atoms with van der Waals surface area (Å²) in [6, 6.07) is 36.0. The SMILES string of the molecule is CO[C@@H]1O[C@H](COC(c2ccccc2)(c2ccccc2)c2ccccc2)[C@@H](SC#N)[C@@H]1OS(=O)(=O)c1ccc(C)cc1. The van der Waals surface area contributed by atoms with Gasteiger partial charge < -0.3 is 14.2 Å². The zero-order valence-electron chi connectivity index (χ0n) is 23.2. The Morgan fingerprint density at radius 3 is 1.79 bits per heavy atom. The number of nitriles is 1. The first-order chi connectivity index (χ1) is 20.4. The largest absolute Gasteiger partial charge is 0.358 e. The number of ether oxygens (including phenoxy) is 3. The van der Waals surface area contributed by atoms with E-state index in [1.54, 1.807) is 12.1 Å². The lowest BCUT2D eigenvalue weighted by Crippen LogP contribution is -2.39. The van der Waals surface area contributed by atoms with Crippen molar-refractivity contribution in [1.82, 2.24) is 0 Å². The summed E-state index contributed by atoms with van der Waals surface area (Å²) in [5.41, 5.74) is 2.61. The summed E-state index contributed by atoms with van der Waals surface area (Å²) in [6.45, 7) is 1.88. The molecule has 5 rings (SSSR count). The number of thiocyanates is 1. The molecule has 9 heteroatoms. The van der Waals surface area contributed by atoms with Gasteiger partial charge in [-0.15, -0.1) is 0 Å². The number of rotatable bonds is 11. The minimum absolute atomic E-state index is 0.0135. The smallest absolute Gasteiger partial charge is 0.297 e. The molecule has 42 heavy (non-hydrogen) atoms. The van der Waals surface area contributed by atoms with E-state index in [-0.39, 0.29) is 11.5 Å². The standard InChI is InChI=1S/C33H31NO6S2/c1-24-18-20-28(21-19-24)42(35,36)40-30-31(41-23-34)29(39-32(30)37-2)22-38-33(25-12-6-3-7-13-25,26-14-8-4-9-15-26)27-16-10-5-11-17-27/h3-21,29-32H,22H2,1-2H3/t29-,30+,31-,32-/m1/s1. The Bertz CT molecular complexity index is 1500. The van der Waals surface area contributed by atoms with E-state index in [1.165, 1.54) is 19.2 Å². The van der Waals surface area contributed by atoms with E-state index in [1.807, 2.05) is 97.9 Å². The first-order valence-corrected chi connectivity index (χ1v) is 15.7. The van der Waals surface area contributed by atoms with Crippen molar-refractivity contribution in [2.75, 3.05) is 13.7 Å². The summed E-state index contributed by atoms with van der Waals surface area (Å²) < 4.78 is 50.8. The lowest BCUT2D eigenvalue weighted by molar-refractivity contribution is -0.157. The molecule has 4 aromatic carbocycles. The van der Waals surface area contributed by atoms with Gasteiger partial charge in [0.1, 0.15) is 17.1 Å². The summed E-state index contributed by atoms with van der Waals surface area (Å²) in [5, 5.41) is 11.1. The Balaban J connectivity index is 1.50. The summed E-state index contributed by atoms with van der Waals surface area (Å²) in [7, 11) is -2.76. The van der Waals surface area contributed by atoms with Gasteiger partial charge in [0.05, 0.1) is 22.9 Å². The highest BCUT2D eigenvalue weighted by molar-refractivity contribution is 8.04. The maximum Gasteiger partial charge on any atom is 0.297 e. The van der Waals surface area contributed by atoms with E-state index in [0.717, 1.165) is 34.0 Å². The molecule has 7 nitrogen and oxygen atoms in total. The van der Waals surface area contributed by atoms with Crippen LogP contribution in [-0.4, -0.2) is 45.9 Å². The molecule has 0 aliphatic carbocycles. The van der Waals surface area contributed by atoms with Gasteiger partial charge in [-0.1, -0.05) is 109 Å². The van der Waals surface area contributed by atoms with Gasteiger partial charge in [0.15, 0.2) is 6.29 Å². The van der Waals surface area contributed by atoms with Crippen LogP contribution in [0.15, 0.2) is 120 Å². The molecule has 216 valence electrons. The average Bonchev–Trinajstić information content (AvgIpc) is 3.34. The van der Waals surface area contributed by atoms with Crippen LogP contribution in [0.2, 0.25) is 0 Å². The van der Waals surface area contributed by atoms with E-state index in [9.17, 15) is 13.7 Å². The number of methoxy groups -OCH3 is 1. The fraction of sp³-hybridized carbons (Fsp3) is 0.242. The highest BCUT2D eigenvalue weighted by Gasteiger charge is 2.50. The molecule has 1 fully saturated rings. The molecule has 0 radical (unpaired) electrons. The van der Waals surface area contributed by atoms with E-state index in [4.69, 9.17) is 18.4 Å². The molecule has 4 aromatic rings. The Hall–Kier alpha value is -3.49. The number of hydrogen-bond acceptors (Lipinski definition) is 8. The van der Waals surface area contributed by atoms with Gasteiger partial charge in [-0.25, -0.2) is 0 Å². The topological polar surface area (TPSA) is 94.8 Å². The highest BCUT2D eigenvalue weighted by atomic mass is 32.2. The van der Waals surface area contributed by atoms with Crippen molar-refractivity contribution in [2.24, 2.45) is 0 Å². The molecular formula is C33H31NO6S2. The van der Waals surface area contributed by atoms with Crippen molar-refractivity contribution in [1.29, 1.82) is 5.26 Å². The van der Waals surface area contributed by atoms with Gasteiger partial charge in [-0.05, 0) is 47.5 Å². The molecule has 0 spiro atoms. The normalized spacial score (nSPS) is 20.7. The van der Waals surface area contributed by atoms with Gasteiger partial charge in [-0.2, -0.15) is 13.7 Å². The summed E-state index contributed by atoms with van der Waals surface area (Å²) in [6.07, 6.45) is -2.85. The van der Waals surface area contributed by atoms with Gasteiger partial charge in [0, 0.05) is 7.11 Å². The molecule has 0 amide bonds. The van der Waals surface area contributed by atoms with Crippen LogP contribution in [-0.2, 0) is 34.1 Å². The Morgan fingerprint density at radius 2 is 1.33 bits per heavy atom. The van der Waals surface area contributed by atoms with E-state index in [0.29, 0.717) is 0 Å². The van der Waals surface area contributed by atoms with Gasteiger partial charge >= 0.3 is 0 Å². The fourth-order valence-electron chi connectivity index (χ4n) is 5.20. The van der Waals surface area contributed by atoms with Crippen LogP contribution in [0.1, 0.15) is 22.3 Å². The fourth-order valence-corrected chi connectivity index (χ4v) is 7.09. The van der Waals surface area contributed by atoms with Crippen molar-refractivity contribution in [3.05, 3.63) is 138 Å². The maximum absolute atomic E-state index is 13.2. The van der Waals surface area contributed by atoms with Crippen LogP contribution >= 0.6 is 11.8 Å². The van der Waals surface area contributed by atoms with Crippen LogP contribution < -0.4 is 0 Å². The third-order valence-electron chi connectivity index (χ3n) is 7.24. The molecular weight excluding hydrogens is 570 g/mol. The van der Waals surface area contributed by atoms with Crippen LogP contribution in [0.4, 0.5) is 0 Å². The van der Waals surface area contributed by atoms with Crippen molar-refractivity contribution in [3.63, 3.8) is 0 Å². The lowest BCUT2D eigenvalue weighted by Gasteiger charge is -2.37. The second-order valence-electron chi connectivity index (χ2n) is 9.87. The maximum atomic E-state index is 13.2. The Morgan fingerprint density at radius 1 is 0.833 bits per heavy atom. The lowest BCUT2D eigenvalue weighted by atomic mass is 9.80. The number of hydrogen-bond donors (Lipinski definition) is 0. The van der Waals surface area contributed by atoms with Crippen LogP contribution in [0.25, 0.3) is 0 Å². The first kappa shape index (κ1) is 30.0. The van der Waals surface area contributed by atoms with Crippen molar-refractivity contribution in [2.45, 2.75) is 41.2 Å². The summed E-state index contributed by atoms with van der Waals surface area (Å²) in [5.74, 6) is 0. The van der Waals surface area contributed by atoms with Crippen LogP contribution in [0.3, 0.4) is 0 Å². The predicted molar refractivity (Wildman–Crippen MR) is 161 cm³/mol. The summed E-state index contributed by atoms with van der Waals surface area (Å²) in [4.78, 5) is 0.0135. The number of benzene rings is 4. The molecule has 0 N–H and O–H groups in total. The molecule has 0 unspecified atom stereocenters. The number of aryl methyl sites for hydroxylation is 1. The average molecular weight is 602 g/mol. The van der Waals surface area contributed by atoms with Crippen molar-refractivity contribution < 1.29 is 26.8 Å². The predicted octanol–water partition coefficient (Wildman–Crippen LogP) is 6.03. The molecule has 0 bridgehead atoms. The van der Waals surface area contributed by atoms with Crippen molar-refractivity contribution >= 4 is 21.9 Å². The Labute approximate surface area is 251 Å². The van der Waals surface area contributed by atoms with Crippen LogP contribution in [0, 0.1) is 17.6 Å². The third-order valence-corrected chi connectivity index (χ3v) is 9.52. The van der Waals surface area contributed by atoms with Gasteiger partial charge in [0.25, 0.3) is 10.1 Å². The van der Waals surface area contributed by atoms with Crippen LogP contribution in [0.5, 0.6) is 0 Å². The zero-order chi connectivity index (χ0) is 29.6. The minimum atomic E-state index is -4.17. The molecule has 0 saturated carbocycles. The second-order valence-corrected chi connectivity index (χ2v) is 12.4. The molecule has 0 aromatic heterocycles. The van der Waals surface area contributed by atoms with Gasteiger partial charge in [-0.3, -0.25) is 4.18 Å². The third kappa shape index (κ3) is 6.15. The van der Waals surface area contributed by atoms with Gasteiger partial charge in [0.2, 0.25) is 0 Å². The number of nitrogens with zero attached hydrogens (tertiary/aromatic N) is 1. The Kier molecular flexibility index (Phi) is 9.43. The molecule has 4 atom stereocenters. The van der Waals surface area contributed by atoms with Crippen molar-refractivity contribution in [3.8, 4) is 5.40 Å².